The molecule has 3 N–H and O–H groups in total. The van der Waals surface area contributed by atoms with Crippen molar-refractivity contribution in [1.29, 1.82) is 0 Å². The van der Waals surface area contributed by atoms with Gasteiger partial charge in [-0.05, 0) is 12.1 Å². The Morgan fingerprint density at radius 2 is 2.05 bits per heavy atom. The molecular formula is C15H15N3O4. The molecule has 0 aliphatic heterocycles. The molecule has 7 nitrogen and oxygen atoms in total. The summed E-state index contributed by atoms with van der Waals surface area (Å²) in [6, 6.07) is 11.0. The van der Waals surface area contributed by atoms with Crippen molar-refractivity contribution in [3.8, 4) is 5.75 Å². The number of ether oxygens (including phenoxy) is 1. The van der Waals surface area contributed by atoms with Gasteiger partial charge >= 0.3 is 0 Å². The van der Waals surface area contributed by atoms with Gasteiger partial charge in [-0.2, -0.15) is 0 Å². The van der Waals surface area contributed by atoms with Crippen molar-refractivity contribution in [1.82, 2.24) is 5.32 Å². The molecule has 0 aliphatic carbocycles. The van der Waals surface area contributed by atoms with Crippen molar-refractivity contribution in [2.24, 2.45) is 0 Å². The first-order valence-electron chi connectivity index (χ1n) is 6.47. The molecule has 0 heterocycles. The first kappa shape index (κ1) is 15.3. The quantitative estimate of drug-likeness (QED) is 0.499. The number of nitrogen functional groups attached to an aromatic ring is 1. The zero-order valence-corrected chi connectivity index (χ0v) is 11.9. The summed E-state index contributed by atoms with van der Waals surface area (Å²) in [5.74, 6) is 0.262. The van der Waals surface area contributed by atoms with Crippen LogP contribution in [0.5, 0.6) is 5.75 Å². The maximum Gasteiger partial charge on any atom is 0.271 e. The Kier molecular flexibility index (Phi) is 4.57. The molecule has 22 heavy (non-hydrogen) atoms. The Hall–Kier alpha value is -3.09. The molecule has 7 heteroatoms. The second-order valence-corrected chi connectivity index (χ2v) is 4.52. The molecule has 0 radical (unpaired) electrons. The number of non-ortho nitro benzene ring substituents is 1. The van der Waals surface area contributed by atoms with Crippen LogP contribution in [0.4, 0.5) is 11.4 Å². The molecule has 2 aromatic carbocycles. The van der Waals surface area contributed by atoms with Crippen molar-refractivity contribution in [3.63, 3.8) is 0 Å². The summed E-state index contributed by atoms with van der Waals surface area (Å²) in [4.78, 5) is 22.2. The van der Waals surface area contributed by atoms with Crippen molar-refractivity contribution in [2.45, 2.75) is 6.54 Å². The number of nitrogens with one attached hydrogen (secondary N) is 1. The van der Waals surface area contributed by atoms with Crippen LogP contribution >= 0.6 is 0 Å². The Morgan fingerprint density at radius 3 is 2.68 bits per heavy atom. The second kappa shape index (κ2) is 6.57. The fraction of sp³-hybridized carbons (Fsp3) is 0.133. The summed E-state index contributed by atoms with van der Waals surface area (Å²) < 4.78 is 5.20. The van der Waals surface area contributed by atoms with Crippen LogP contribution in [0.3, 0.4) is 0 Å². The van der Waals surface area contributed by atoms with Crippen molar-refractivity contribution in [2.75, 3.05) is 12.8 Å². The number of carbonyl (C=O) groups is 1. The molecule has 0 saturated carbocycles. The molecule has 0 spiro atoms. The molecule has 0 fully saturated rings. The van der Waals surface area contributed by atoms with Crippen LogP contribution < -0.4 is 15.8 Å². The number of hydrogen-bond donors (Lipinski definition) is 2. The maximum atomic E-state index is 12.1. The number of anilines is 1. The summed E-state index contributed by atoms with van der Waals surface area (Å²) in [6.07, 6.45) is 0. The Balaban J connectivity index is 2.11. The van der Waals surface area contributed by atoms with Gasteiger partial charge in [0.05, 0.1) is 23.3 Å². The van der Waals surface area contributed by atoms with E-state index in [0.29, 0.717) is 5.75 Å². The standard InChI is InChI=1S/C15H15N3O4/c1-22-14-5-3-2-4-10(14)9-17-15(19)12-7-6-11(18(20)21)8-13(12)16/h2-8H,9,16H2,1H3,(H,17,19). The largest absolute Gasteiger partial charge is 0.496 e. The van der Waals surface area contributed by atoms with E-state index in [9.17, 15) is 14.9 Å². The highest BCUT2D eigenvalue weighted by Gasteiger charge is 2.14. The SMILES string of the molecule is COc1ccccc1CNC(=O)c1ccc([N+](=O)[O-])cc1N. The molecule has 0 bridgehead atoms. The van der Waals surface area contributed by atoms with Crippen LogP contribution in [0.15, 0.2) is 42.5 Å². The van der Waals surface area contributed by atoms with Crippen molar-refractivity contribution >= 4 is 17.3 Å². The van der Waals surface area contributed by atoms with Crippen LogP contribution in [0.1, 0.15) is 15.9 Å². The van der Waals surface area contributed by atoms with Gasteiger partial charge in [0, 0.05) is 24.2 Å². The van der Waals surface area contributed by atoms with E-state index in [2.05, 4.69) is 5.32 Å². The Morgan fingerprint density at radius 1 is 1.32 bits per heavy atom. The molecule has 0 unspecified atom stereocenters. The van der Waals surface area contributed by atoms with E-state index < -0.39 is 10.8 Å². The first-order chi connectivity index (χ1) is 10.5. The van der Waals surface area contributed by atoms with E-state index in [-0.39, 0.29) is 23.5 Å². The van der Waals surface area contributed by atoms with Gasteiger partial charge in [-0.25, -0.2) is 0 Å². The number of nitro groups is 1. The maximum absolute atomic E-state index is 12.1. The third kappa shape index (κ3) is 3.32. The second-order valence-electron chi connectivity index (χ2n) is 4.52. The smallest absolute Gasteiger partial charge is 0.271 e. The molecular weight excluding hydrogens is 286 g/mol. The number of nitro benzene ring substituents is 1. The fourth-order valence-corrected chi connectivity index (χ4v) is 1.99. The van der Waals surface area contributed by atoms with Gasteiger partial charge in [-0.1, -0.05) is 18.2 Å². The van der Waals surface area contributed by atoms with Gasteiger partial charge in [0.2, 0.25) is 0 Å². The number of rotatable bonds is 5. The lowest BCUT2D eigenvalue weighted by Crippen LogP contribution is -2.24. The van der Waals surface area contributed by atoms with Crippen LogP contribution in [0.25, 0.3) is 0 Å². The summed E-state index contributed by atoms with van der Waals surface area (Å²) in [5.41, 5.74) is 6.62. The van der Waals surface area contributed by atoms with E-state index >= 15 is 0 Å². The minimum absolute atomic E-state index is 0.0618. The summed E-state index contributed by atoms with van der Waals surface area (Å²) >= 11 is 0. The number of benzene rings is 2. The third-order valence-corrected chi connectivity index (χ3v) is 3.12. The Bertz CT molecular complexity index is 716. The zero-order valence-electron chi connectivity index (χ0n) is 11.9. The average molecular weight is 301 g/mol. The van der Waals surface area contributed by atoms with Gasteiger partial charge in [-0.15, -0.1) is 0 Å². The third-order valence-electron chi connectivity index (χ3n) is 3.12. The number of hydrogen-bond acceptors (Lipinski definition) is 5. The minimum atomic E-state index is -0.563. The van der Waals surface area contributed by atoms with Gasteiger partial charge in [0.25, 0.3) is 11.6 Å². The zero-order chi connectivity index (χ0) is 16.1. The molecule has 0 aliphatic rings. The van der Waals surface area contributed by atoms with Crippen molar-refractivity contribution < 1.29 is 14.5 Å². The monoisotopic (exact) mass is 301 g/mol. The summed E-state index contributed by atoms with van der Waals surface area (Å²) in [6.45, 7) is 0.263. The minimum Gasteiger partial charge on any atom is -0.496 e. The number of nitrogens with two attached hydrogens (primary N) is 1. The molecule has 0 aromatic heterocycles. The van der Waals surface area contributed by atoms with Crippen LogP contribution in [0, 0.1) is 10.1 Å². The predicted octanol–water partition coefficient (Wildman–Crippen LogP) is 2.12. The van der Waals surface area contributed by atoms with E-state index in [4.69, 9.17) is 10.5 Å². The lowest BCUT2D eigenvalue weighted by Gasteiger charge is -2.10. The predicted molar refractivity (Wildman–Crippen MR) is 81.7 cm³/mol. The summed E-state index contributed by atoms with van der Waals surface area (Å²) in [5, 5.41) is 13.4. The number of methoxy groups -OCH3 is 1. The lowest BCUT2D eigenvalue weighted by atomic mass is 10.1. The number of para-hydroxylation sites is 1. The first-order valence-corrected chi connectivity index (χ1v) is 6.47. The average Bonchev–Trinajstić information content (AvgIpc) is 2.52. The Labute approximate surface area is 126 Å². The van der Waals surface area contributed by atoms with Gasteiger partial charge in [-0.3, -0.25) is 14.9 Å². The normalized spacial score (nSPS) is 10.0. The fourth-order valence-electron chi connectivity index (χ4n) is 1.99. The molecule has 0 saturated heterocycles. The lowest BCUT2D eigenvalue weighted by molar-refractivity contribution is -0.384. The van der Waals surface area contributed by atoms with Crippen LogP contribution in [-0.2, 0) is 6.54 Å². The van der Waals surface area contributed by atoms with Gasteiger partial charge in [0.1, 0.15) is 5.75 Å². The van der Waals surface area contributed by atoms with E-state index in [1.54, 1.807) is 13.2 Å². The molecule has 114 valence electrons. The number of nitrogens with zero attached hydrogens (tertiary/aromatic N) is 1. The van der Waals surface area contributed by atoms with E-state index in [1.807, 2.05) is 18.2 Å². The van der Waals surface area contributed by atoms with Gasteiger partial charge in [0.15, 0.2) is 0 Å². The molecule has 2 aromatic rings. The summed E-state index contributed by atoms with van der Waals surface area (Å²) in [7, 11) is 1.55. The molecule has 1 amide bonds. The van der Waals surface area contributed by atoms with Crippen LogP contribution in [0.2, 0.25) is 0 Å². The van der Waals surface area contributed by atoms with E-state index in [0.717, 1.165) is 11.6 Å². The van der Waals surface area contributed by atoms with Crippen molar-refractivity contribution in [3.05, 3.63) is 63.7 Å². The number of carbonyl (C=O) groups excluding carboxylic acids is 1. The van der Waals surface area contributed by atoms with Crippen LogP contribution in [-0.4, -0.2) is 17.9 Å². The highest BCUT2D eigenvalue weighted by atomic mass is 16.6. The number of amides is 1. The molecule has 0 atom stereocenters. The van der Waals surface area contributed by atoms with E-state index in [1.165, 1.54) is 12.1 Å². The highest BCUT2D eigenvalue weighted by molar-refractivity contribution is 5.99. The highest BCUT2D eigenvalue weighted by Crippen LogP contribution is 2.20. The van der Waals surface area contributed by atoms with Gasteiger partial charge < -0.3 is 15.8 Å². The molecule has 2 rings (SSSR count). The topological polar surface area (TPSA) is 107 Å².